The van der Waals surface area contributed by atoms with Crippen LogP contribution in [-0.4, -0.2) is 14.2 Å². The number of halogens is 2. The van der Waals surface area contributed by atoms with Gasteiger partial charge in [-0.1, -0.05) is 15.9 Å². The summed E-state index contributed by atoms with van der Waals surface area (Å²) >= 11 is 3.41. The monoisotopic (exact) mass is 339 g/mol. The Labute approximate surface area is 125 Å². The highest BCUT2D eigenvalue weighted by molar-refractivity contribution is 9.10. The number of nitrogens with one attached hydrogen (secondary N) is 1. The Hall–Kier alpha value is -1.75. The molecule has 0 atom stereocenters. The van der Waals surface area contributed by atoms with Crippen LogP contribution in [0.2, 0.25) is 0 Å². The quantitative estimate of drug-likeness (QED) is 0.884. The predicted molar refractivity (Wildman–Crippen MR) is 81.0 cm³/mol. The zero-order chi connectivity index (χ0) is 14.5. The van der Waals surface area contributed by atoms with Crippen molar-refractivity contribution >= 4 is 21.6 Å². The van der Waals surface area contributed by atoms with Gasteiger partial charge in [-0.2, -0.15) is 0 Å². The summed E-state index contributed by atoms with van der Waals surface area (Å²) in [7, 11) is 3.16. The highest BCUT2D eigenvalue weighted by atomic mass is 79.9. The molecule has 0 fully saturated rings. The van der Waals surface area contributed by atoms with E-state index in [1.807, 2.05) is 18.2 Å². The second-order valence-electron chi connectivity index (χ2n) is 4.16. The van der Waals surface area contributed by atoms with E-state index in [1.165, 1.54) is 6.07 Å². The molecule has 0 amide bonds. The van der Waals surface area contributed by atoms with E-state index in [0.29, 0.717) is 18.0 Å². The summed E-state index contributed by atoms with van der Waals surface area (Å²) < 4.78 is 25.0. The van der Waals surface area contributed by atoms with E-state index in [-0.39, 0.29) is 5.82 Å². The van der Waals surface area contributed by atoms with Crippen molar-refractivity contribution in [2.24, 2.45) is 0 Å². The van der Waals surface area contributed by atoms with Gasteiger partial charge in [-0.25, -0.2) is 4.39 Å². The molecule has 0 saturated heterocycles. The van der Waals surface area contributed by atoms with E-state index >= 15 is 0 Å². The molecule has 3 nitrogen and oxygen atoms in total. The number of hydrogen-bond acceptors (Lipinski definition) is 3. The summed E-state index contributed by atoms with van der Waals surface area (Å²) in [5, 5.41) is 3.05. The predicted octanol–water partition coefficient (Wildman–Crippen LogP) is 4.22. The zero-order valence-corrected chi connectivity index (χ0v) is 12.8. The van der Waals surface area contributed by atoms with Crippen molar-refractivity contribution < 1.29 is 13.9 Å². The largest absolute Gasteiger partial charge is 0.497 e. The molecule has 0 aliphatic heterocycles. The van der Waals surface area contributed by atoms with Crippen LogP contribution in [0.1, 0.15) is 5.56 Å². The van der Waals surface area contributed by atoms with Crippen molar-refractivity contribution in [1.29, 1.82) is 0 Å². The minimum atomic E-state index is -0.320. The first kappa shape index (κ1) is 14.7. The van der Waals surface area contributed by atoms with Crippen LogP contribution in [0, 0.1) is 5.82 Å². The molecule has 20 heavy (non-hydrogen) atoms. The van der Waals surface area contributed by atoms with Gasteiger partial charge >= 0.3 is 0 Å². The molecule has 0 spiro atoms. The summed E-state index contributed by atoms with van der Waals surface area (Å²) in [4.78, 5) is 0. The van der Waals surface area contributed by atoms with Crippen LogP contribution in [0.4, 0.5) is 10.1 Å². The summed E-state index contributed by atoms with van der Waals surface area (Å²) in [6, 6.07) is 10.3. The Bertz CT molecular complexity index is 604. The van der Waals surface area contributed by atoms with Gasteiger partial charge in [0.05, 0.1) is 19.9 Å². The van der Waals surface area contributed by atoms with Crippen molar-refractivity contribution in [2.45, 2.75) is 6.54 Å². The Morgan fingerprint density at radius 1 is 1.10 bits per heavy atom. The van der Waals surface area contributed by atoms with Crippen molar-refractivity contribution in [1.82, 2.24) is 0 Å². The van der Waals surface area contributed by atoms with E-state index in [2.05, 4.69) is 21.2 Å². The number of rotatable bonds is 5. The SMILES string of the molecule is COc1ccc(F)c(NCc2cc(Br)ccc2OC)c1. The molecule has 0 saturated carbocycles. The van der Waals surface area contributed by atoms with Crippen LogP contribution in [0.15, 0.2) is 40.9 Å². The van der Waals surface area contributed by atoms with Crippen LogP contribution < -0.4 is 14.8 Å². The molecule has 2 aromatic carbocycles. The number of benzene rings is 2. The molecule has 5 heteroatoms. The molecule has 1 N–H and O–H groups in total. The minimum Gasteiger partial charge on any atom is -0.497 e. The Morgan fingerprint density at radius 2 is 1.90 bits per heavy atom. The lowest BCUT2D eigenvalue weighted by molar-refractivity contribution is 0.410. The first-order valence-corrected chi connectivity index (χ1v) is 6.83. The van der Waals surface area contributed by atoms with Gasteiger partial charge in [0.15, 0.2) is 0 Å². The van der Waals surface area contributed by atoms with Crippen molar-refractivity contribution in [3.8, 4) is 11.5 Å². The summed E-state index contributed by atoms with van der Waals surface area (Å²) in [5.41, 5.74) is 1.33. The normalized spacial score (nSPS) is 10.2. The fourth-order valence-electron chi connectivity index (χ4n) is 1.84. The maximum absolute atomic E-state index is 13.7. The van der Waals surface area contributed by atoms with Gasteiger partial charge in [0.2, 0.25) is 0 Å². The second kappa shape index (κ2) is 6.61. The number of anilines is 1. The standard InChI is InChI=1S/C15H15BrFNO2/c1-19-12-4-5-13(17)14(8-12)18-9-10-7-11(16)3-6-15(10)20-2/h3-8,18H,9H2,1-2H3. The topological polar surface area (TPSA) is 30.5 Å². The molecule has 0 aromatic heterocycles. The van der Waals surface area contributed by atoms with E-state index in [0.717, 1.165) is 15.8 Å². The molecule has 2 rings (SSSR count). The molecule has 0 bridgehead atoms. The zero-order valence-electron chi connectivity index (χ0n) is 11.2. The van der Waals surface area contributed by atoms with Crippen molar-refractivity contribution in [2.75, 3.05) is 19.5 Å². The van der Waals surface area contributed by atoms with Gasteiger partial charge in [-0.15, -0.1) is 0 Å². The van der Waals surface area contributed by atoms with Crippen molar-refractivity contribution in [3.63, 3.8) is 0 Å². The Balaban J connectivity index is 2.18. The smallest absolute Gasteiger partial charge is 0.146 e. The first-order valence-electron chi connectivity index (χ1n) is 6.04. The number of methoxy groups -OCH3 is 2. The molecule has 0 heterocycles. The third kappa shape index (κ3) is 3.42. The molecule has 106 valence electrons. The fourth-order valence-corrected chi connectivity index (χ4v) is 2.25. The Kier molecular flexibility index (Phi) is 4.84. The maximum atomic E-state index is 13.7. The average Bonchev–Trinajstić information content (AvgIpc) is 2.46. The van der Waals surface area contributed by atoms with E-state index in [1.54, 1.807) is 26.4 Å². The average molecular weight is 340 g/mol. The van der Waals surface area contributed by atoms with E-state index in [4.69, 9.17) is 9.47 Å². The highest BCUT2D eigenvalue weighted by Gasteiger charge is 2.07. The lowest BCUT2D eigenvalue weighted by Crippen LogP contribution is -2.03. The molecule has 0 unspecified atom stereocenters. The summed E-state index contributed by atoms with van der Waals surface area (Å²) in [6.07, 6.45) is 0. The molecule has 0 aliphatic rings. The summed E-state index contributed by atoms with van der Waals surface area (Å²) in [6.45, 7) is 0.451. The highest BCUT2D eigenvalue weighted by Crippen LogP contribution is 2.26. The number of hydrogen-bond donors (Lipinski definition) is 1. The van der Waals surface area contributed by atoms with Gasteiger partial charge < -0.3 is 14.8 Å². The van der Waals surface area contributed by atoms with Gasteiger partial charge in [0.1, 0.15) is 17.3 Å². The fraction of sp³-hybridized carbons (Fsp3) is 0.200. The van der Waals surface area contributed by atoms with Gasteiger partial charge in [-0.05, 0) is 30.3 Å². The number of ether oxygens (including phenoxy) is 2. The van der Waals surface area contributed by atoms with Crippen LogP contribution in [0.3, 0.4) is 0 Å². The Morgan fingerprint density at radius 3 is 2.60 bits per heavy atom. The molecular weight excluding hydrogens is 325 g/mol. The molecule has 0 radical (unpaired) electrons. The van der Waals surface area contributed by atoms with Crippen LogP contribution in [-0.2, 0) is 6.54 Å². The first-order chi connectivity index (χ1) is 9.63. The second-order valence-corrected chi connectivity index (χ2v) is 5.07. The molecule has 2 aromatic rings. The lowest BCUT2D eigenvalue weighted by Gasteiger charge is -2.12. The molecule has 0 aliphatic carbocycles. The molecular formula is C15H15BrFNO2. The van der Waals surface area contributed by atoms with E-state index in [9.17, 15) is 4.39 Å². The lowest BCUT2D eigenvalue weighted by atomic mass is 10.2. The van der Waals surface area contributed by atoms with Crippen molar-refractivity contribution in [3.05, 3.63) is 52.3 Å². The third-order valence-electron chi connectivity index (χ3n) is 2.89. The van der Waals surface area contributed by atoms with Crippen LogP contribution in [0.5, 0.6) is 11.5 Å². The third-order valence-corrected chi connectivity index (χ3v) is 3.38. The van der Waals surface area contributed by atoms with Gasteiger partial charge in [-0.3, -0.25) is 0 Å². The van der Waals surface area contributed by atoms with E-state index < -0.39 is 0 Å². The minimum absolute atomic E-state index is 0.320. The van der Waals surface area contributed by atoms with Crippen LogP contribution in [0.25, 0.3) is 0 Å². The van der Waals surface area contributed by atoms with Crippen LogP contribution >= 0.6 is 15.9 Å². The van der Waals surface area contributed by atoms with Gasteiger partial charge in [0, 0.05) is 22.6 Å². The maximum Gasteiger partial charge on any atom is 0.146 e. The van der Waals surface area contributed by atoms with Gasteiger partial charge in [0.25, 0.3) is 0 Å². The summed E-state index contributed by atoms with van der Waals surface area (Å²) in [5.74, 6) is 1.04.